The van der Waals surface area contributed by atoms with E-state index >= 15 is 0 Å². The Bertz CT molecular complexity index is 970. The zero-order valence-electron chi connectivity index (χ0n) is 11.4. The van der Waals surface area contributed by atoms with Crippen molar-refractivity contribution < 1.29 is 0 Å². The molecule has 0 amide bonds. The number of fused-ring (bicyclic) bond motifs is 4. The molecule has 0 unspecified atom stereocenters. The van der Waals surface area contributed by atoms with Crippen molar-refractivity contribution >= 4 is 27.5 Å². The first-order valence-electron chi connectivity index (χ1n) is 7.17. The van der Waals surface area contributed by atoms with Gasteiger partial charge in [0.1, 0.15) is 5.65 Å². The average molecular weight is 261 g/mol. The van der Waals surface area contributed by atoms with Crippen molar-refractivity contribution in [2.75, 3.05) is 0 Å². The van der Waals surface area contributed by atoms with E-state index in [0.29, 0.717) is 5.92 Å². The average Bonchev–Trinajstić information content (AvgIpc) is 3.19. The minimum atomic E-state index is 0.703. The van der Waals surface area contributed by atoms with Gasteiger partial charge in [0.25, 0.3) is 0 Å². The van der Waals surface area contributed by atoms with Crippen LogP contribution < -0.4 is 0 Å². The van der Waals surface area contributed by atoms with Crippen LogP contribution >= 0.6 is 0 Å². The molecule has 0 atom stereocenters. The summed E-state index contributed by atoms with van der Waals surface area (Å²) in [5.74, 6) is 0.703. The van der Waals surface area contributed by atoms with Crippen LogP contribution in [0.3, 0.4) is 0 Å². The molecular weight excluding hydrogens is 246 g/mol. The van der Waals surface area contributed by atoms with E-state index < -0.39 is 0 Å². The molecule has 4 aromatic rings. The second kappa shape index (κ2) is 3.42. The van der Waals surface area contributed by atoms with Crippen LogP contribution in [0.5, 0.6) is 0 Å². The first-order chi connectivity index (χ1) is 9.81. The van der Waals surface area contributed by atoms with Crippen LogP contribution in [0.1, 0.15) is 24.5 Å². The van der Waals surface area contributed by atoms with Crippen molar-refractivity contribution in [2.45, 2.75) is 18.8 Å². The molecular formula is C17H15N3. The lowest BCUT2D eigenvalue weighted by Crippen LogP contribution is -1.89. The van der Waals surface area contributed by atoms with E-state index in [9.17, 15) is 0 Å². The highest BCUT2D eigenvalue weighted by Crippen LogP contribution is 2.39. The first kappa shape index (κ1) is 10.5. The molecule has 0 aliphatic heterocycles. The van der Waals surface area contributed by atoms with Gasteiger partial charge in [-0.05, 0) is 25.0 Å². The second-order valence-corrected chi connectivity index (χ2v) is 5.85. The highest BCUT2D eigenvalue weighted by molar-refractivity contribution is 6.08. The van der Waals surface area contributed by atoms with Gasteiger partial charge in [-0.2, -0.15) is 0 Å². The Morgan fingerprint density at radius 1 is 1.05 bits per heavy atom. The molecule has 0 N–H and O–H groups in total. The van der Waals surface area contributed by atoms with Crippen molar-refractivity contribution in [1.29, 1.82) is 0 Å². The van der Waals surface area contributed by atoms with E-state index in [4.69, 9.17) is 4.98 Å². The summed E-state index contributed by atoms with van der Waals surface area (Å²) in [6.45, 7) is 0. The number of pyridine rings is 1. The number of hydrogen-bond acceptors (Lipinski definition) is 1. The third kappa shape index (κ3) is 1.27. The van der Waals surface area contributed by atoms with E-state index in [0.717, 1.165) is 5.65 Å². The van der Waals surface area contributed by atoms with Gasteiger partial charge in [0.2, 0.25) is 0 Å². The maximum atomic E-state index is 4.79. The zero-order chi connectivity index (χ0) is 13.3. The molecule has 1 aromatic carbocycles. The third-order valence-electron chi connectivity index (χ3n) is 4.50. The standard InChI is InChI=1S/C17H15N3/c1-19-15-5-3-2-4-12(15)13-8-17-18-14(11-6-7-11)9-20(17)10-16(13)19/h2-5,8-11H,6-7H2,1H3. The quantitative estimate of drug-likeness (QED) is 0.510. The molecule has 1 aliphatic rings. The molecule has 3 aromatic heterocycles. The topological polar surface area (TPSA) is 22.2 Å². The Morgan fingerprint density at radius 2 is 1.90 bits per heavy atom. The van der Waals surface area contributed by atoms with Gasteiger partial charge in [0.15, 0.2) is 0 Å². The monoisotopic (exact) mass is 261 g/mol. The molecule has 1 saturated carbocycles. The summed E-state index contributed by atoms with van der Waals surface area (Å²) in [5, 5.41) is 2.60. The molecule has 20 heavy (non-hydrogen) atoms. The maximum Gasteiger partial charge on any atom is 0.137 e. The van der Waals surface area contributed by atoms with Gasteiger partial charge in [0, 0.05) is 41.6 Å². The second-order valence-electron chi connectivity index (χ2n) is 5.85. The van der Waals surface area contributed by atoms with E-state index in [1.807, 2.05) is 0 Å². The fraction of sp³-hybridized carbons (Fsp3) is 0.235. The number of imidazole rings is 1. The highest BCUT2D eigenvalue weighted by Gasteiger charge is 2.26. The Hall–Kier alpha value is -2.29. The van der Waals surface area contributed by atoms with E-state index in [2.05, 4.69) is 58.7 Å². The largest absolute Gasteiger partial charge is 0.342 e. The van der Waals surface area contributed by atoms with Crippen molar-refractivity contribution in [2.24, 2.45) is 7.05 Å². The molecule has 0 spiro atoms. The molecule has 3 heteroatoms. The highest BCUT2D eigenvalue weighted by atomic mass is 15.0. The van der Waals surface area contributed by atoms with E-state index in [1.165, 1.54) is 40.3 Å². The summed E-state index contributed by atoms with van der Waals surface area (Å²) in [6, 6.07) is 10.8. The lowest BCUT2D eigenvalue weighted by Gasteiger charge is -1.98. The minimum absolute atomic E-state index is 0.703. The zero-order valence-corrected chi connectivity index (χ0v) is 11.4. The fourth-order valence-electron chi connectivity index (χ4n) is 3.22. The molecule has 0 bridgehead atoms. The van der Waals surface area contributed by atoms with Crippen LogP contribution in [0.2, 0.25) is 0 Å². The van der Waals surface area contributed by atoms with Gasteiger partial charge in [-0.15, -0.1) is 0 Å². The van der Waals surface area contributed by atoms with Crippen molar-refractivity contribution in [3.05, 3.63) is 48.4 Å². The van der Waals surface area contributed by atoms with Crippen LogP contribution in [-0.2, 0) is 7.05 Å². The molecule has 1 fully saturated rings. The first-order valence-corrected chi connectivity index (χ1v) is 7.17. The molecule has 5 rings (SSSR count). The van der Waals surface area contributed by atoms with E-state index in [-0.39, 0.29) is 0 Å². The van der Waals surface area contributed by atoms with Gasteiger partial charge in [0.05, 0.1) is 11.2 Å². The SMILES string of the molecule is Cn1c2ccccc2c2cc3nc(C4CC4)cn3cc21. The molecule has 3 nitrogen and oxygen atoms in total. The number of hydrogen-bond donors (Lipinski definition) is 0. The van der Waals surface area contributed by atoms with Crippen LogP contribution in [0, 0.1) is 0 Å². The summed E-state index contributed by atoms with van der Waals surface area (Å²) in [4.78, 5) is 4.79. The molecule has 0 saturated heterocycles. The summed E-state index contributed by atoms with van der Waals surface area (Å²) in [7, 11) is 2.13. The Labute approximate surface area is 116 Å². The van der Waals surface area contributed by atoms with Crippen molar-refractivity contribution in [3.8, 4) is 0 Å². The summed E-state index contributed by atoms with van der Waals surface area (Å²) in [5.41, 5.74) is 4.86. The smallest absolute Gasteiger partial charge is 0.137 e. The Kier molecular flexibility index (Phi) is 1.80. The molecule has 0 radical (unpaired) electrons. The van der Waals surface area contributed by atoms with Crippen LogP contribution in [0.4, 0.5) is 0 Å². The van der Waals surface area contributed by atoms with Crippen LogP contribution in [0.25, 0.3) is 27.5 Å². The number of rotatable bonds is 1. The van der Waals surface area contributed by atoms with Crippen LogP contribution in [-0.4, -0.2) is 14.0 Å². The molecule has 98 valence electrons. The van der Waals surface area contributed by atoms with Crippen molar-refractivity contribution in [3.63, 3.8) is 0 Å². The van der Waals surface area contributed by atoms with Gasteiger partial charge >= 0.3 is 0 Å². The normalized spacial score (nSPS) is 15.7. The van der Waals surface area contributed by atoms with Gasteiger partial charge in [-0.25, -0.2) is 4.98 Å². The third-order valence-corrected chi connectivity index (χ3v) is 4.50. The predicted molar refractivity (Wildman–Crippen MR) is 81.2 cm³/mol. The fourth-order valence-corrected chi connectivity index (χ4v) is 3.22. The number of aromatic nitrogens is 3. The molecule has 3 heterocycles. The maximum absolute atomic E-state index is 4.79. The van der Waals surface area contributed by atoms with Gasteiger partial charge in [-0.1, -0.05) is 18.2 Å². The predicted octanol–water partition coefficient (Wildman–Crippen LogP) is 3.86. The number of benzene rings is 1. The summed E-state index contributed by atoms with van der Waals surface area (Å²) < 4.78 is 4.44. The molecule has 1 aliphatic carbocycles. The lowest BCUT2D eigenvalue weighted by atomic mass is 10.2. The van der Waals surface area contributed by atoms with Gasteiger partial charge in [-0.3, -0.25) is 0 Å². The number of aryl methyl sites for hydroxylation is 1. The summed E-state index contributed by atoms with van der Waals surface area (Å²) in [6.07, 6.45) is 7.01. The summed E-state index contributed by atoms with van der Waals surface area (Å²) >= 11 is 0. The lowest BCUT2D eigenvalue weighted by molar-refractivity contribution is 1.00. The number of nitrogens with zero attached hydrogens (tertiary/aromatic N) is 3. The minimum Gasteiger partial charge on any atom is -0.342 e. The Morgan fingerprint density at radius 3 is 2.75 bits per heavy atom. The van der Waals surface area contributed by atoms with Gasteiger partial charge < -0.3 is 8.97 Å². The van der Waals surface area contributed by atoms with Crippen molar-refractivity contribution in [1.82, 2.24) is 14.0 Å². The Balaban J connectivity index is 1.92. The number of para-hydroxylation sites is 1. The van der Waals surface area contributed by atoms with Crippen LogP contribution in [0.15, 0.2) is 42.7 Å². The van der Waals surface area contributed by atoms with E-state index in [1.54, 1.807) is 0 Å².